The standard InChI is InChI=1S/C24H27N7O/c32-23(18-3-10-25-11-4-18)30-13-6-20(7-14-30)28-21-8-15-31(17-21)24-27-12-5-22(29-24)19-2-1-9-26-16-19/h1-5,9-12,16,20-21,28H,6-8,13-15,17H2. The Bertz CT molecular complexity index is 1040. The Morgan fingerprint density at radius 3 is 2.50 bits per heavy atom. The molecule has 8 nitrogen and oxygen atoms in total. The van der Waals surface area contributed by atoms with Gasteiger partial charge in [-0.3, -0.25) is 14.8 Å². The van der Waals surface area contributed by atoms with Crippen LogP contribution in [-0.2, 0) is 0 Å². The number of carbonyl (C=O) groups is 1. The van der Waals surface area contributed by atoms with Gasteiger partial charge < -0.3 is 15.1 Å². The maximum absolute atomic E-state index is 12.6. The summed E-state index contributed by atoms with van der Waals surface area (Å²) < 4.78 is 0. The Balaban J connectivity index is 1.14. The molecule has 0 saturated carbocycles. The second kappa shape index (κ2) is 9.40. The lowest BCUT2D eigenvalue weighted by Gasteiger charge is -2.34. The molecule has 0 aliphatic carbocycles. The van der Waals surface area contributed by atoms with Crippen LogP contribution >= 0.6 is 0 Å². The number of carbonyl (C=O) groups excluding carboxylic acids is 1. The predicted molar refractivity (Wildman–Crippen MR) is 122 cm³/mol. The van der Waals surface area contributed by atoms with E-state index in [1.165, 1.54) is 0 Å². The Morgan fingerprint density at radius 2 is 1.72 bits per heavy atom. The van der Waals surface area contributed by atoms with Crippen molar-refractivity contribution < 1.29 is 4.79 Å². The topological polar surface area (TPSA) is 87.1 Å². The lowest BCUT2D eigenvalue weighted by molar-refractivity contribution is 0.0702. The zero-order chi connectivity index (χ0) is 21.8. The van der Waals surface area contributed by atoms with E-state index in [0.717, 1.165) is 62.6 Å². The van der Waals surface area contributed by atoms with Crippen molar-refractivity contribution in [2.45, 2.75) is 31.3 Å². The van der Waals surface area contributed by atoms with Crippen molar-refractivity contribution in [2.24, 2.45) is 0 Å². The summed E-state index contributed by atoms with van der Waals surface area (Å²) in [5.74, 6) is 0.872. The number of pyridine rings is 2. The van der Waals surface area contributed by atoms with Gasteiger partial charge in [-0.2, -0.15) is 0 Å². The Hall–Kier alpha value is -3.39. The van der Waals surface area contributed by atoms with E-state index in [-0.39, 0.29) is 5.91 Å². The third-order valence-electron chi connectivity index (χ3n) is 6.25. The maximum atomic E-state index is 12.6. The zero-order valence-corrected chi connectivity index (χ0v) is 18.0. The van der Waals surface area contributed by atoms with E-state index in [4.69, 9.17) is 4.98 Å². The zero-order valence-electron chi connectivity index (χ0n) is 18.0. The van der Waals surface area contributed by atoms with Crippen LogP contribution in [0.4, 0.5) is 5.95 Å². The highest BCUT2D eigenvalue weighted by Gasteiger charge is 2.29. The summed E-state index contributed by atoms with van der Waals surface area (Å²) in [6.45, 7) is 3.40. The molecule has 3 aromatic rings. The van der Waals surface area contributed by atoms with Gasteiger partial charge >= 0.3 is 0 Å². The molecule has 1 atom stereocenters. The molecule has 2 fully saturated rings. The minimum atomic E-state index is 0.100. The highest BCUT2D eigenvalue weighted by Crippen LogP contribution is 2.22. The predicted octanol–water partition coefficient (Wildman–Crippen LogP) is 2.41. The van der Waals surface area contributed by atoms with E-state index in [1.807, 2.05) is 35.5 Å². The van der Waals surface area contributed by atoms with Crippen molar-refractivity contribution in [1.82, 2.24) is 30.2 Å². The van der Waals surface area contributed by atoms with Crippen LogP contribution in [0.5, 0.6) is 0 Å². The van der Waals surface area contributed by atoms with Gasteiger partial charge in [-0.25, -0.2) is 9.97 Å². The molecular weight excluding hydrogens is 402 g/mol. The Morgan fingerprint density at radius 1 is 0.906 bits per heavy atom. The van der Waals surface area contributed by atoms with Crippen LogP contribution in [0.2, 0.25) is 0 Å². The molecule has 2 aliphatic heterocycles. The van der Waals surface area contributed by atoms with Crippen molar-refractivity contribution in [3.05, 3.63) is 66.9 Å². The normalized spacial score (nSPS) is 19.3. The first kappa shape index (κ1) is 20.5. The molecule has 0 spiro atoms. The number of piperidine rings is 1. The molecule has 2 aliphatic rings. The molecule has 164 valence electrons. The molecule has 0 radical (unpaired) electrons. The number of hydrogen-bond acceptors (Lipinski definition) is 7. The first-order valence-corrected chi connectivity index (χ1v) is 11.2. The van der Waals surface area contributed by atoms with Gasteiger partial charge in [0.15, 0.2) is 0 Å². The largest absolute Gasteiger partial charge is 0.339 e. The molecular formula is C24H27N7O. The summed E-state index contributed by atoms with van der Waals surface area (Å²) in [7, 11) is 0. The number of anilines is 1. The van der Waals surface area contributed by atoms with E-state index in [2.05, 4.69) is 25.2 Å². The van der Waals surface area contributed by atoms with Gasteiger partial charge in [0.2, 0.25) is 5.95 Å². The summed E-state index contributed by atoms with van der Waals surface area (Å²) in [6.07, 6.45) is 11.8. The molecule has 1 N–H and O–H groups in total. The van der Waals surface area contributed by atoms with Crippen molar-refractivity contribution in [2.75, 3.05) is 31.1 Å². The third-order valence-corrected chi connectivity index (χ3v) is 6.25. The van der Waals surface area contributed by atoms with Crippen LogP contribution in [0.25, 0.3) is 11.3 Å². The highest BCUT2D eigenvalue weighted by molar-refractivity contribution is 5.94. The van der Waals surface area contributed by atoms with Gasteiger partial charge in [-0.05, 0) is 49.6 Å². The maximum Gasteiger partial charge on any atom is 0.253 e. The molecule has 5 heterocycles. The molecule has 0 bridgehead atoms. The Labute approximate surface area is 187 Å². The summed E-state index contributed by atoms with van der Waals surface area (Å²) in [5.41, 5.74) is 2.61. The molecule has 1 unspecified atom stereocenters. The number of likely N-dealkylation sites (tertiary alicyclic amines) is 1. The van der Waals surface area contributed by atoms with Gasteiger partial charge in [0.25, 0.3) is 5.91 Å². The van der Waals surface area contributed by atoms with Crippen LogP contribution in [-0.4, -0.2) is 69.0 Å². The van der Waals surface area contributed by atoms with E-state index >= 15 is 0 Å². The van der Waals surface area contributed by atoms with Gasteiger partial charge in [-0.1, -0.05) is 0 Å². The molecule has 32 heavy (non-hydrogen) atoms. The number of nitrogens with zero attached hydrogens (tertiary/aromatic N) is 6. The fraction of sp³-hybridized carbons (Fsp3) is 0.375. The molecule has 0 aromatic carbocycles. The SMILES string of the molecule is O=C(c1ccncc1)N1CCC(NC2CCN(c3nccc(-c4cccnc4)n3)C2)CC1. The highest BCUT2D eigenvalue weighted by atomic mass is 16.2. The lowest BCUT2D eigenvalue weighted by atomic mass is 10.0. The summed E-state index contributed by atoms with van der Waals surface area (Å²) in [4.78, 5) is 34.3. The first-order valence-electron chi connectivity index (χ1n) is 11.2. The van der Waals surface area contributed by atoms with Crippen LogP contribution in [0.3, 0.4) is 0 Å². The number of aromatic nitrogens is 4. The average Bonchev–Trinajstić information content (AvgIpc) is 3.34. The van der Waals surface area contributed by atoms with Crippen LogP contribution < -0.4 is 10.2 Å². The molecule has 2 saturated heterocycles. The summed E-state index contributed by atoms with van der Waals surface area (Å²) >= 11 is 0. The van der Waals surface area contributed by atoms with Gasteiger partial charge in [-0.15, -0.1) is 0 Å². The van der Waals surface area contributed by atoms with Crippen molar-refractivity contribution in [1.29, 1.82) is 0 Å². The number of amides is 1. The lowest BCUT2D eigenvalue weighted by Crippen LogP contribution is -2.48. The van der Waals surface area contributed by atoms with E-state index in [9.17, 15) is 4.79 Å². The van der Waals surface area contributed by atoms with E-state index in [0.29, 0.717) is 17.6 Å². The van der Waals surface area contributed by atoms with E-state index < -0.39 is 0 Å². The van der Waals surface area contributed by atoms with Crippen molar-refractivity contribution in [3.8, 4) is 11.3 Å². The molecule has 3 aromatic heterocycles. The molecule has 1 amide bonds. The minimum absolute atomic E-state index is 0.100. The first-order chi connectivity index (χ1) is 15.8. The smallest absolute Gasteiger partial charge is 0.253 e. The fourth-order valence-electron chi connectivity index (χ4n) is 4.51. The van der Waals surface area contributed by atoms with E-state index in [1.54, 1.807) is 30.7 Å². The van der Waals surface area contributed by atoms with Crippen LogP contribution in [0.1, 0.15) is 29.6 Å². The molecule has 8 heteroatoms. The Kier molecular flexibility index (Phi) is 6.02. The average molecular weight is 430 g/mol. The van der Waals surface area contributed by atoms with Crippen molar-refractivity contribution in [3.63, 3.8) is 0 Å². The second-order valence-electron chi connectivity index (χ2n) is 8.38. The fourth-order valence-corrected chi connectivity index (χ4v) is 4.51. The summed E-state index contributed by atoms with van der Waals surface area (Å²) in [5, 5.41) is 3.81. The number of nitrogens with one attached hydrogen (secondary N) is 1. The van der Waals surface area contributed by atoms with Gasteiger partial charge in [0.1, 0.15) is 0 Å². The second-order valence-corrected chi connectivity index (χ2v) is 8.38. The quantitative estimate of drug-likeness (QED) is 0.666. The minimum Gasteiger partial charge on any atom is -0.339 e. The number of hydrogen-bond donors (Lipinski definition) is 1. The van der Waals surface area contributed by atoms with Gasteiger partial charge in [0, 0.05) is 80.4 Å². The van der Waals surface area contributed by atoms with Crippen LogP contribution in [0, 0.1) is 0 Å². The van der Waals surface area contributed by atoms with Gasteiger partial charge in [0.05, 0.1) is 5.69 Å². The third kappa shape index (κ3) is 4.60. The van der Waals surface area contributed by atoms with Crippen molar-refractivity contribution >= 4 is 11.9 Å². The summed E-state index contributed by atoms with van der Waals surface area (Å²) in [6, 6.07) is 10.3. The monoisotopic (exact) mass is 429 g/mol. The van der Waals surface area contributed by atoms with Crippen LogP contribution in [0.15, 0.2) is 61.3 Å². The molecule has 5 rings (SSSR count). The number of rotatable bonds is 5.